The molecule has 5 heteroatoms. The highest BCUT2D eigenvalue weighted by Gasteiger charge is 2.19. The zero-order chi connectivity index (χ0) is 17.6. The van der Waals surface area contributed by atoms with Gasteiger partial charge in [0.1, 0.15) is 0 Å². The molecule has 2 aromatic carbocycles. The first kappa shape index (κ1) is 17.0. The Labute approximate surface area is 147 Å². The monoisotopic (exact) mass is 338 g/mol. The van der Waals surface area contributed by atoms with Crippen molar-refractivity contribution in [1.82, 2.24) is 0 Å². The number of rotatable bonds is 5. The molecule has 0 saturated carbocycles. The fraction of sp³-hybridized carbons (Fsp3) is 0.300. The first-order valence-corrected chi connectivity index (χ1v) is 8.48. The van der Waals surface area contributed by atoms with Crippen molar-refractivity contribution in [3.05, 3.63) is 59.7 Å². The van der Waals surface area contributed by atoms with Crippen LogP contribution in [0.15, 0.2) is 48.5 Å². The van der Waals surface area contributed by atoms with E-state index >= 15 is 0 Å². The van der Waals surface area contributed by atoms with Gasteiger partial charge in [-0.15, -0.1) is 0 Å². The van der Waals surface area contributed by atoms with Gasteiger partial charge in [0, 0.05) is 13.1 Å². The van der Waals surface area contributed by atoms with E-state index in [1.807, 2.05) is 36.4 Å². The summed E-state index contributed by atoms with van der Waals surface area (Å²) in [6, 6.07) is 14.9. The van der Waals surface area contributed by atoms with Crippen LogP contribution in [0.3, 0.4) is 0 Å². The SMILES string of the molecule is COC(=O)c1ccc(N2CCCC2)c(NC(=O)Cc2ccccc2)c1. The molecule has 130 valence electrons. The summed E-state index contributed by atoms with van der Waals surface area (Å²) in [5.74, 6) is -0.514. The summed E-state index contributed by atoms with van der Waals surface area (Å²) in [5.41, 5.74) is 2.99. The van der Waals surface area contributed by atoms with Gasteiger partial charge in [-0.1, -0.05) is 30.3 Å². The van der Waals surface area contributed by atoms with Gasteiger partial charge in [-0.25, -0.2) is 4.79 Å². The number of hydrogen-bond acceptors (Lipinski definition) is 4. The van der Waals surface area contributed by atoms with Crippen LogP contribution < -0.4 is 10.2 Å². The summed E-state index contributed by atoms with van der Waals surface area (Å²) < 4.78 is 4.79. The predicted molar refractivity (Wildman–Crippen MR) is 98.0 cm³/mol. The van der Waals surface area contributed by atoms with E-state index in [9.17, 15) is 9.59 Å². The number of ether oxygens (including phenoxy) is 1. The van der Waals surface area contributed by atoms with Crippen molar-refractivity contribution in [3.63, 3.8) is 0 Å². The molecule has 1 aliphatic heterocycles. The smallest absolute Gasteiger partial charge is 0.337 e. The Kier molecular flexibility index (Phi) is 5.33. The van der Waals surface area contributed by atoms with Crippen LogP contribution in [0.25, 0.3) is 0 Å². The van der Waals surface area contributed by atoms with Crippen LogP contribution in [0, 0.1) is 0 Å². The maximum atomic E-state index is 12.5. The molecular formula is C20H22N2O3. The zero-order valence-corrected chi connectivity index (χ0v) is 14.3. The predicted octanol–water partition coefficient (Wildman–Crippen LogP) is 3.25. The lowest BCUT2D eigenvalue weighted by Crippen LogP contribution is -2.22. The summed E-state index contributed by atoms with van der Waals surface area (Å²) in [4.78, 5) is 26.5. The molecule has 0 spiro atoms. The van der Waals surface area contributed by atoms with Crippen LogP contribution >= 0.6 is 0 Å². The van der Waals surface area contributed by atoms with E-state index in [0.29, 0.717) is 17.7 Å². The number of hydrogen-bond donors (Lipinski definition) is 1. The molecule has 1 N–H and O–H groups in total. The van der Waals surface area contributed by atoms with Crippen molar-refractivity contribution in [2.45, 2.75) is 19.3 Å². The zero-order valence-electron chi connectivity index (χ0n) is 14.3. The summed E-state index contributed by atoms with van der Waals surface area (Å²) in [6.45, 7) is 1.91. The number of carbonyl (C=O) groups excluding carboxylic acids is 2. The second-order valence-corrected chi connectivity index (χ2v) is 6.13. The van der Waals surface area contributed by atoms with Crippen molar-refractivity contribution >= 4 is 23.3 Å². The van der Waals surface area contributed by atoms with Gasteiger partial charge in [0.15, 0.2) is 0 Å². The average Bonchev–Trinajstić information content (AvgIpc) is 3.16. The number of anilines is 2. The molecule has 3 rings (SSSR count). The normalized spacial score (nSPS) is 13.6. The molecule has 1 aliphatic rings. The third kappa shape index (κ3) is 4.18. The fourth-order valence-corrected chi connectivity index (χ4v) is 3.09. The number of benzene rings is 2. The van der Waals surface area contributed by atoms with Gasteiger partial charge in [0.2, 0.25) is 5.91 Å². The van der Waals surface area contributed by atoms with E-state index in [-0.39, 0.29) is 5.91 Å². The van der Waals surface area contributed by atoms with Gasteiger partial charge >= 0.3 is 5.97 Å². The van der Waals surface area contributed by atoms with Crippen LogP contribution in [-0.2, 0) is 16.0 Å². The molecule has 0 radical (unpaired) electrons. The number of methoxy groups -OCH3 is 1. The van der Waals surface area contributed by atoms with Crippen LogP contribution in [0.1, 0.15) is 28.8 Å². The Morgan fingerprint density at radius 3 is 2.48 bits per heavy atom. The molecule has 5 nitrogen and oxygen atoms in total. The van der Waals surface area contributed by atoms with E-state index in [1.165, 1.54) is 7.11 Å². The Morgan fingerprint density at radius 2 is 1.80 bits per heavy atom. The second kappa shape index (κ2) is 7.83. The summed E-state index contributed by atoms with van der Waals surface area (Å²) >= 11 is 0. The molecule has 1 fully saturated rings. The molecule has 0 unspecified atom stereocenters. The third-order valence-electron chi connectivity index (χ3n) is 4.35. The molecule has 0 aliphatic carbocycles. The largest absolute Gasteiger partial charge is 0.465 e. The highest BCUT2D eigenvalue weighted by molar-refractivity contribution is 5.98. The molecule has 1 heterocycles. The molecule has 25 heavy (non-hydrogen) atoms. The van der Waals surface area contributed by atoms with Crippen LogP contribution in [0.4, 0.5) is 11.4 Å². The minimum absolute atomic E-state index is 0.103. The van der Waals surface area contributed by atoms with Gasteiger partial charge in [-0.3, -0.25) is 4.79 Å². The standard InChI is InChI=1S/C20H22N2O3/c1-25-20(24)16-9-10-18(22-11-5-6-12-22)17(14-16)21-19(23)13-15-7-3-2-4-8-15/h2-4,7-10,14H,5-6,11-13H2,1H3,(H,21,23). The molecular weight excluding hydrogens is 316 g/mol. The lowest BCUT2D eigenvalue weighted by Gasteiger charge is -2.22. The fourth-order valence-electron chi connectivity index (χ4n) is 3.09. The molecule has 1 amide bonds. The molecule has 0 aromatic heterocycles. The number of amides is 1. The number of nitrogens with zero attached hydrogens (tertiary/aromatic N) is 1. The summed E-state index contributed by atoms with van der Waals surface area (Å²) in [5, 5.41) is 2.97. The summed E-state index contributed by atoms with van der Waals surface area (Å²) in [6.07, 6.45) is 2.56. The maximum Gasteiger partial charge on any atom is 0.337 e. The first-order chi connectivity index (χ1) is 12.2. The Hall–Kier alpha value is -2.82. The van der Waals surface area contributed by atoms with E-state index in [2.05, 4.69) is 10.2 Å². The molecule has 2 aromatic rings. The maximum absolute atomic E-state index is 12.5. The van der Waals surface area contributed by atoms with Crippen molar-refractivity contribution in [3.8, 4) is 0 Å². The Balaban J connectivity index is 1.83. The number of esters is 1. The quantitative estimate of drug-likeness (QED) is 0.850. The van der Waals surface area contributed by atoms with Crippen molar-refractivity contribution in [2.75, 3.05) is 30.4 Å². The Bertz CT molecular complexity index is 753. The number of carbonyl (C=O) groups is 2. The highest BCUT2D eigenvalue weighted by Crippen LogP contribution is 2.30. The van der Waals surface area contributed by atoms with E-state index in [0.717, 1.165) is 37.2 Å². The van der Waals surface area contributed by atoms with E-state index in [1.54, 1.807) is 12.1 Å². The van der Waals surface area contributed by atoms with Gasteiger partial charge in [0.25, 0.3) is 0 Å². The lowest BCUT2D eigenvalue weighted by atomic mass is 10.1. The van der Waals surface area contributed by atoms with Gasteiger partial charge < -0.3 is 15.0 Å². The van der Waals surface area contributed by atoms with Gasteiger partial charge in [-0.05, 0) is 36.6 Å². The first-order valence-electron chi connectivity index (χ1n) is 8.48. The average molecular weight is 338 g/mol. The Morgan fingerprint density at radius 1 is 1.08 bits per heavy atom. The van der Waals surface area contributed by atoms with Crippen molar-refractivity contribution < 1.29 is 14.3 Å². The van der Waals surface area contributed by atoms with Crippen LogP contribution in [0.5, 0.6) is 0 Å². The minimum atomic E-state index is -0.411. The topological polar surface area (TPSA) is 58.6 Å². The third-order valence-corrected chi connectivity index (χ3v) is 4.35. The van der Waals surface area contributed by atoms with Crippen molar-refractivity contribution in [1.29, 1.82) is 0 Å². The van der Waals surface area contributed by atoms with Gasteiger partial charge in [-0.2, -0.15) is 0 Å². The van der Waals surface area contributed by atoms with E-state index < -0.39 is 5.97 Å². The van der Waals surface area contributed by atoms with E-state index in [4.69, 9.17) is 4.74 Å². The van der Waals surface area contributed by atoms with Crippen LogP contribution in [-0.4, -0.2) is 32.1 Å². The highest BCUT2D eigenvalue weighted by atomic mass is 16.5. The summed E-state index contributed by atoms with van der Waals surface area (Å²) in [7, 11) is 1.35. The molecule has 1 saturated heterocycles. The second-order valence-electron chi connectivity index (χ2n) is 6.13. The van der Waals surface area contributed by atoms with Crippen molar-refractivity contribution in [2.24, 2.45) is 0 Å². The molecule has 0 bridgehead atoms. The minimum Gasteiger partial charge on any atom is -0.465 e. The number of nitrogens with one attached hydrogen (secondary N) is 1. The lowest BCUT2D eigenvalue weighted by molar-refractivity contribution is -0.115. The van der Waals surface area contributed by atoms with Crippen LogP contribution in [0.2, 0.25) is 0 Å². The van der Waals surface area contributed by atoms with Gasteiger partial charge in [0.05, 0.1) is 30.5 Å². The molecule has 0 atom stereocenters.